The Bertz CT molecular complexity index is 1190. The fraction of sp³-hybridized carbons (Fsp3) is 0.796. The summed E-state index contributed by atoms with van der Waals surface area (Å²) in [6.07, 6.45) is 59.6. The summed E-state index contributed by atoms with van der Waals surface area (Å²) < 4.78 is 34.7. The van der Waals surface area contributed by atoms with Gasteiger partial charge in [0.15, 0.2) is 0 Å². The van der Waals surface area contributed by atoms with E-state index in [4.69, 9.17) is 18.5 Å². The lowest BCUT2D eigenvalue weighted by Gasteiger charge is -2.28. The number of unbranched alkanes of at least 4 members (excludes halogenated alkanes) is 24. The molecule has 63 heavy (non-hydrogen) atoms. The van der Waals surface area contributed by atoms with E-state index in [0.717, 1.165) is 83.5 Å². The van der Waals surface area contributed by atoms with E-state index in [0.29, 0.717) is 24.1 Å². The minimum Gasteiger partial charge on any atom is -0.756 e. The van der Waals surface area contributed by atoms with Gasteiger partial charge < -0.3 is 27.9 Å². The van der Waals surface area contributed by atoms with Crippen LogP contribution in [-0.4, -0.2) is 70.7 Å². The van der Waals surface area contributed by atoms with E-state index in [-0.39, 0.29) is 25.8 Å². The van der Waals surface area contributed by atoms with Crippen LogP contribution in [0.4, 0.5) is 0 Å². The molecule has 0 N–H and O–H groups in total. The molecular weight excluding hydrogens is 806 g/mol. The zero-order valence-electron chi connectivity index (χ0n) is 41.8. The van der Waals surface area contributed by atoms with Crippen LogP contribution in [0.3, 0.4) is 0 Å². The normalized spacial score (nSPS) is 14.1. The van der Waals surface area contributed by atoms with Crippen LogP contribution in [0.5, 0.6) is 0 Å². The van der Waals surface area contributed by atoms with Crippen LogP contribution in [0.1, 0.15) is 219 Å². The van der Waals surface area contributed by atoms with Crippen molar-refractivity contribution in [3.63, 3.8) is 0 Å². The van der Waals surface area contributed by atoms with E-state index in [1.54, 1.807) is 0 Å². The Hall–Kier alpha value is -1.80. The van der Waals surface area contributed by atoms with Gasteiger partial charge in [-0.25, -0.2) is 0 Å². The number of quaternary nitrogens is 1. The van der Waals surface area contributed by atoms with Gasteiger partial charge in [-0.1, -0.05) is 216 Å². The zero-order valence-corrected chi connectivity index (χ0v) is 42.7. The fourth-order valence-electron chi connectivity index (χ4n) is 7.10. The van der Waals surface area contributed by atoms with Crippen molar-refractivity contribution in [1.82, 2.24) is 0 Å². The minimum atomic E-state index is -4.54. The van der Waals surface area contributed by atoms with Crippen LogP contribution in [0.25, 0.3) is 0 Å². The third kappa shape index (κ3) is 51.1. The molecule has 0 aliphatic carbocycles. The highest BCUT2D eigenvalue weighted by Crippen LogP contribution is 2.38. The molecule has 0 aliphatic heterocycles. The standard InChI is InChI=1S/C54H100NO7P/c1-6-8-10-12-14-16-18-20-22-24-26-28-29-31-33-35-37-39-41-43-45-47-54(56)62-53(52-61-63(57,58)60-50-48-55(3,4)5)51-59-49-46-44-42-40-38-36-34-32-30-27-25-23-21-19-17-15-13-11-9-7-2/h9,11,15,17,21,23,27,30,34,36,53H,6-8,10,12-14,16,18-20,22,24-26,28-29,31-33,35,37-52H2,1-5H3/b11-9-,17-15-,23-21-,30-27-,36-34-. The number of allylic oxidation sites excluding steroid dienone is 10. The Morgan fingerprint density at radius 1 is 0.508 bits per heavy atom. The van der Waals surface area contributed by atoms with Crippen LogP contribution in [0.15, 0.2) is 60.8 Å². The first-order valence-electron chi connectivity index (χ1n) is 26.0. The van der Waals surface area contributed by atoms with Gasteiger partial charge in [0.25, 0.3) is 7.82 Å². The first-order chi connectivity index (χ1) is 30.6. The summed E-state index contributed by atoms with van der Waals surface area (Å²) >= 11 is 0. The van der Waals surface area contributed by atoms with Crippen molar-refractivity contribution in [3.05, 3.63) is 60.8 Å². The van der Waals surface area contributed by atoms with Crippen molar-refractivity contribution in [3.8, 4) is 0 Å². The molecule has 368 valence electrons. The lowest BCUT2D eigenvalue weighted by atomic mass is 10.0. The van der Waals surface area contributed by atoms with Gasteiger partial charge in [0.2, 0.25) is 0 Å². The number of carbonyl (C=O) groups excluding carboxylic acids is 1. The number of carbonyl (C=O) groups is 1. The number of hydrogen-bond donors (Lipinski definition) is 0. The third-order valence-electron chi connectivity index (χ3n) is 11.1. The van der Waals surface area contributed by atoms with Crippen molar-refractivity contribution in [2.45, 2.75) is 225 Å². The summed E-state index contributed by atoms with van der Waals surface area (Å²) in [6, 6.07) is 0. The maximum atomic E-state index is 12.8. The molecule has 2 atom stereocenters. The van der Waals surface area contributed by atoms with Gasteiger partial charge in [-0.3, -0.25) is 9.36 Å². The second-order valence-electron chi connectivity index (χ2n) is 18.5. The number of ether oxygens (including phenoxy) is 2. The van der Waals surface area contributed by atoms with E-state index < -0.39 is 13.9 Å². The van der Waals surface area contributed by atoms with Gasteiger partial charge in [0.1, 0.15) is 19.3 Å². The molecule has 2 unspecified atom stereocenters. The van der Waals surface area contributed by atoms with Gasteiger partial charge in [0.05, 0.1) is 34.4 Å². The molecule has 0 aromatic carbocycles. The highest BCUT2D eigenvalue weighted by molar-refractivity contribution is 7.45. The van der Waals surface area contributed by atoms with Gasteiger partial charge in [0, 0.05) is 13.0 Å². The summed E-state index contributed by atoms with van der Waals surface area (Å²) in [5.74, 6) is -0.341. The summed E-state index contributed by atoms with van der Waals surface area (Å²) in [7, 11) is 1.34. The topological polar surface area (TPSA) is 94.1 Å². The van der Waals surface area contributed by atoms with E-state index in [1.165, 1.54) is 116 Å². The lowest BCUT2D eigenvalue weighted by molar-refractivity contribution is -0.870. The second kappa shape index (κ2) is 46.7. The average molecular weight is 906 g/mol. The van der Waals surface area contributed by atoms with Crippen molar-refractivity contribution < 1.29 is 37.3 Å². The molecule has 0 radical (unpaired) electrons. The van der Waals surface area contributed by atoms with Crippen molar-refractivity contribution in [1.29, 1.82) is 0 Å². The number of phosphoric ester groups is 1. The van der Waals surface area contributed by atoms with E-state index in [9.17, 15) is 14.3 Å². The first-order valence-corrected chi connectivity index (χ1v) is 27.5. The highest BCUT2D eigenvalue weighted by Gasteiger charge is 2.20. The Morgan fingerprint density at radius 2 is 0.921 bits per heavy atom. The number of nitrogens with zero attached hydrogens (tertiary/aromatic N) is 1. The SMILES string of the molecule is CC/C=C\C/C=C\C/C=C\C/C=C\C/C=C\CCCCCCOCC(COP(=O)([O-])OCC[N+](C)(C)C)OC(=O)CCCCCCCCCCCCCCCCCCCCCCC. The molecule has 0 aromatic rings. The Kier molecular flexibility index (Phi) is 45.4. The van der Waals surface area contributed by atoms with E-state index in [1.807, 2.05) is 21.1 Å². The van der Waals surface area contributed by atoms with Crippen molar-refractivity contribution in [2.24, 2.45) is 0 Å². The lowest BCUT2D eigenvalue weighted by Crippen LogP contribution is -2.37. The van der Waals surface area contributed by atoms with Crippen molar-refractivity contribution >= 4 is 13.8 Å². The van der Waals surface area contributed by atoms with Gasteiger partial charge in [-0.2, -0.15) is 0 Å². The van der Waals surface area contributed by atoms with Gasteiger partial charge in [-0.15, -0.1) is 0 Å². The van der Waals surface area contributed by atoms with Crippen LogP contribution in [0.2, 0.25) is 0 Å². The fourth-order valence-corrected chi connectivity index (χ4v) is 7.83. The molecule has 9 heteroatoms. The Morgan fingerprint density at radius 3 is 1.38 bits per heavy atom. The average Bonchev–Trinajstić information content (AvgIpc) is 3.24. The molecule has 0 fully saturated rings. The van der Waals surface area contributed by atoms with Crippen LogP contribution in [0, 0.1) is 0 Å². The van der Waals surface area contributed by atoms with Gasteiger partial charge >= 0.3 is 5.97 Å². The monoisotopic (exact) mass is 906 g/mol. The van der Waals surface area contributed by atoms with Crippen molar-refractivity contribution in [2.75, 3.05) is 54.1 Å². The third-order valence-corrected chi connectivity index (χ3v) is 12.0. The predicted molar refractivity (Wildman–Crippen MR) is 268 cm³/mol. The number of hydrogen-bond acceptors (Lipinski definition) is 7. The van der Waals surface area contributed by atoms with Crippen LogP contribution < -0.4 is 4.89 Å². The summed E-state index contributed by atoms with van der Waals surface area (Å²) in [4.78, 5) is 25.2. The molecule has 0 spiro atoms. The maximum Gasteiger partial charge on any atom is 0.306 e. The second-order valence-corrected chi connectivity index (χ2v) is 19.9. The quantitative estimate of drug-likeness (QED) is 0.0197. The number of phosphoric acid groups is 1. The molecule has 0 amide bonds. The first kappa shape index (κ1) is 61.2. The molecule has 0 saturated carbocycles. The van der Waals surface area contributed by atoms with E-state index in [2.05, 4.69) is 74.6 Å². The zero-order chi connectivity index (χ0) is 46.2. The molecule has 0 bridgehead atoms. The molecule has 0 heterocycles. The molecule has 0 rings (SSSR count). The Labute approximate surface area is 390 Å². The van der Waals surface area contributed by atoms with E-state index >= 15 is 0 Å². The molecule has 0 saturated heterocycles. The summed E-state index contributed by atoms with van der Waals surface area (Å²) in [6.45, 7) is 5.26. The Balaban J connectivity index is 4.18. The van der Waals surface area contributed by atoms with Crippen LogP contribution in [-0.2, 0) is 27.9 Å². The largest absolute Gasteiger partial charge is 0.756 e. The number of likely N-dealkylation sites (N-methyl/N-ethyl adjacent to an activating group) is 1. The van der Waals surface area contributed by atoms with Crippen LogP contribution >= 0.6 is 7.82 Å². The van der Waals surface area contributed by atoms with Gasteiger partial charge in [-0.05, 0) is 57.8 Å². The summed E-state index contributed by atoms with van der Waals surface area (Å²) in [5.41, 5.74) is 0. The smallest absolute Gasteiger partial charge is 0.306 e. The number of rotatable bonds is 48. The maximum absolute atomic E-state index is 12.8. The highest BCUT2D eigenvalue weighted by atomic mass is 31.2. The molecule has 0 aliphatic rings. The molecule has 8 nitrogen and oxygen atoms in total. The molecule has 0 aromatic heterocycles. The predicted octanol–water partition coefficient (Wildman–Crippen LogP) is 15.4. The minimum absolute atomic E-state index is 0.0196. The number of esters is 1. The molecular formula is C54H100NO7P. The summed E-state index contributed by atoms with van der Waals surface area (Å²) in [5, 5.41) is 0.